The third-order valence-electron chi connectivity index (χ3n) is 3.76. The molecule has 1 aliphatic carbocycles. The Bertz CT molecular complexity index is 136. The van der Waals surface area contributed by atoms with Gasteiger partial charge in [-0.15, -0.1) is 11.6 Å². The highest BCUT2D eigenvalue weighted by atomic mass is 35.5. The van der Waals surface area contributed by atoms with Gasteiger partial charge in [-0.05, 0) is 24.7 Å². The van der Waals surface area contributed by atoms with Crippen molar-refractivity contribution in [1.29, 1.82) is 0 Å². The van der Waals surface area contributed by atoms with E-state index >= 15 is 0 Å². The molecule has 0 nitrogen and oxygen atoms in total. The summed E-state index contributed by atoms with van der Waals surface area (Å²) in [7, 11) is 0. The van der Waals surface area contributed by atoms with Gasteiger partial charge in [0, 0.05) is 5.88 Å². The highest BCUT2D eigenvalue weighted by molar-refractivity contribution is 6.18. The van der Waals surface area contributed by atoms with Gasteiger partial charge in [0.25, 0.3) is 0 Å². The lowest BCUT2D eigenvalue weighted by molar-refractivity contribution is 0.300. The summed E-state index contributed by atoms with van der Waals surface area (Å²) in [4.78, 5) is 0. The van der Waals surface area contributed by atoms with E-state index in [0.29, 0.717) is 5.41 Å². The summed E-state index contributed by atoms with van der Waals surface area (Å²) < 4.78 is 0. The molecule has 1 fully saturated rings. The smallest absolute Gasteiger partial charge is 0.0279 e. The molecule has 0 aromatic rings. The molecule has 1 heteroatoms. The van der Waals surface area contributed by atoms with Crippen molar-refractivity contribution in [2.45, 2.75) is 71.1 Å². The number of hydrogen-bond donors (Lipinski definition) is 0. The Morgan fingerprint density at radius 3 is 2.21 bits per heavy atom. The lowest BCUT2D eigenvalue weighted by Crippen LogP contribution is -2.18. The normalized spacial score (nSPS) is 20.1. The van der Waals surface area contributed by atoms with E-state index in [0.717, 1.165) is 5.88 Å². The van der Waals surface area contributed by atoms with Crippen molar-refractivity contribution in [1.82, 2.24) is 0 Å². The summed E-state index contributed by atoms with van der Waals surface area (Å²) in [5, 5.41) is 0. The van der Waals surface area contributed by atoms with Crippen LogP contribution in [0, 0.1) is 5.41 Å². The summed E-state index contributed by atoms with van der Waals surface area (Å²) in [6.45, 7) is 2.28. The molecule has 14 heavy (non-hydrogen) atoms. The summed E-state index contributed by atoms with van der Waals surface area (Å²) in [6, 6.07) is 0. The van der Waals surface area contributed by atoms with Gasteiger partial charge in [-0.3, -0.25) is 0 Å². The topological polar surface area (TPSA) is 0 Å². The second kappa shape index (κ2) is 6.71. The molecule has 1 aliphatic rings. The third kappa shape index (κ3) is 3.81. The molecule has 0 bridgehead atoms. The third-order valence-corrected chi connectivity index (χ3v) is 4.33. The molecule has 0 aromatic heterocycles. The quantitative estimate of drug-likeness (QED) is 0.408. The van der Waals surface area contributed by atoms with E-state index in [9.17, 15) is 0 Å². The van der Waals surface area contributed by atoms with E-state index in [-0.39, 0.29) is 0 Å². The Balaban J connectivity index is 2.08. The fourth-order valence-corrected chi connectivity index (χ4v) is 3.08. The van der Waals surface area contributed by atoms with Gasteiger partial charge >= 0.3 is 0 Å². The van der Waals surface area contributed by atoms with Crippen LogP contribution in [0.2, 0.25) is 0 Å². The Labute approximate surface area is 94.4 Å². The lowest BCUT2D eigenvalue weighted by Gasteiger charge is -2.26. The van der Waals surface area contributed by atoms with Crippen LogP contribution in [0.1, 0.15) is 71.1 Å². The van der Waals surface area contributed by atoms with Crippen molar-refractivity contribution in [3.63, 3.8) is 0 Å². The van der Waals surface area contributed by atoms with Crippen LogP contribution in [0.4, 0.5) is 0 Å². The monoisotopic (exact) mass is 216 g/mol. The van der Waals surface area contributed by atoms with Gasteiger partial charge in [0.15, 0.2) is 0 Å². The molecule has 0 heterocycles. The minimum atomic E-state index is 0.549. The fourth-order valence-electron chi connectivity index (χ4n) is 2.68. The molecule has 0 spiro atoms. The van der Waals surface area contributed by atoms with Gasteiger partial charge in [-0.1, -0.05) is 51.9 Å². The molecule has 0 aliphatic heterocycles. The summed E-state index contributed by atoms with van der Waals surface area (Å²) in [5.74, 6) is 0.904. The van der Waals surface area contributed by atoms with E-state index in [2.05, 4.69) is 6.92 Å². The zero-order chi connectivity index (χ0) is 10.3. The number of alkyl halides is 1. The van der Waals surface area contributed by atoms with Crippen LogP contribution in [0.15, 0.2) is 0 Å². The summed E-state index contributed by atoms with van der Waals surface area (Å²) in [5.41, 5.74) is 0.549. The van der Waals surface area contributed by atoms with E-state index in [1.165, 1.54) is 64.2 Å². The van der Waals surface area contributed by atoms with Crippen LogP contribution in [0.3, 0.4) is 0 Å². The molecular formula is C13H25Cl. The van der Waals surface area contributed by atoms with E-state index in [1.54, 1.807) is 0 Å². The zero-order valence-electron chi connectivity index (χ0n) is 9.66. The van der Waals surface area contributed by atoms with Crippen LogP contribution in [-0.4, -0.2) is 5.88 Å². The highest BCUT2D eigenvalue weighted by Crippen LogP contribution is 2.43. The highest BCUT2D eigenvalue weighted by Gasteiger charge is 2.31. The SMILES string of the molecule is CCCCCCCC1(CCl)CCCC1. The molecule has 0 radical (unpaired) electrons. The first kappa shape index (κ1) is 12.4. The predicted octanol–water partition coefficient (Wildman–Crippen LogP) is 5.15. The van der Waals surface area contributed by atoms with Gasteiger partial charge in [0.05, 0.1) is 0 Å². The number of hydrogen-bond acceptors (Lipinski definition) is 0. The van der Waals surface area contributed by atoms with Crippen LogP contribution in [0.5, 0.6) is 0 Å². The average Bonchev–Trinajstić information content (AvgIpc) is 2.67. The molecule has 0 aromatic carbocycles. The van der Waals surface area contributed by atoms with Crippen molar-refractivity contribution in [3.8, 4) is 0 Å². The standard InChI is InChI=1S/C13H25Cl/c1-2-3-4-5-6-9-13(12-14)10-7-8-11-13/h2-12H2,1H3. The van der Waals surface area contributed by atoms with Crippen molar-refractivity contribution < 1.29 is 0 Å². The molecule has 0 saturated heterocycles. The van der Waals surface area contributed by atoms with E-state index in [4.69, 9.17) is 11.6 Å². The van der Waals surface area contributed by atoms with Crippen LogP contribution >= 0.6 is 11.6 Å². The fraction of sp³-hybridized carbons (Fsp3) is 1.00. The van der Waals surface area contributed by atoms with Crippen molar-refractivity contribution in [2.24, 2.45) is 5.41 Å². The van der Waals surface area contributed by atoms with Gasteiger partial charge in [-0.2, -0.15) is 0 Å². The Morgan fingerprint density at radius 2 is 1.64 bits per heavy atom. The number of halogens is 1. The van der Waals surface area contributed by atoms with Gasteiger partial charge in [-0.25, -0.2) is 0 Å². The number of rotatable bonds is 7. The second-order valence-electron chi connectivity index (χ2n) is 5.00. The molecule has 0 unspecified atom stereocenters. The first-order valence-electron chi connectivity index (χ1n) is 6.39. The first-order chi connectivity index (χ1) is 6.83. The van der Waals surface area contributed by atoms with E-state index < -0.39 is 0 Å². The minimum Gasteiger partial charge on any atom is -0.126 e. The predicted molar refractivity (Wildman–Crippen MR) is 65.0 cm³/mol. The van der Waals surface area contributed by atoms with Crippen molar-refractivity contribution >= 4 is 11.6 Å². The van der Waals surface area contributed by atoms with Crippen LogP contribution in [-0.2, 0) is 0 Å². The molecule has 0 amide bonds. The van der Waals surface area contributed by atoms with Crippen molar-refractivity contribution in [3.05, 3.63) is 0 Å². The van der Waals surface area contributed by atoms with Gasteiger partial charge in [0.2, 0.25) is 0 Å². The molecule has 84 valence electrons. The van der Waals surface area contributed by atoms with Crippen molar-refractivity contribution in [2.75, 3.05) is 5.88 Å². The largest absolute Gasteiger partial charge is 0.126 e. The van der Waals surface area contributed by atoms with Crippen LogP contribution in [0.25, 0.3) is 0 Å². The van der Waals surface area contributed by atoms with Gasteiger partial charge < -0.3 is 0 Å². The molecular weight excluding hydrogens is 192 g/mol. The summed E-state index contributed by atoms with van der Waals surface area (Å²) in [6.07, 6.45) is 14.0. The Morgan fingerprint density at radius 1 is 1.00 bits per heavy atom. The minimum absolute atomic E-state index is 0.549. The second-order valence-corrected chi connectivity index (χ2v) is 5.27. The molecule has 0 atom stereocenters. The first-order valence-corrected chi connectivity index (χ1v) is 6.92. The lowest BCUT2D eigenvalue weighted by atomic mass is 9.83. The zero-order valence-corrected chi connectivity index (χ0v) is 10.4. The average molecular weight is 217 g/mol. The number of unbranched alkanes of at least 4 members (excludes halogenated alkanes) is 4. The molecule has 0 N–H and O–H groups in total. The van der Waals surface area contributed by atoms with Crippen LogP contribution < -0.4 is 0 Å². The maximum atomic E-state index is 6.10. The maximum absolute atomic E-state index is 6.10. The van der Waals surface area contributed by atoms with Gasteiger partial charge in [0.1, 0.15) is 0 Å². The molecule has 1 saturated carbocycles. The Hall–Kier alpha value is 0.290. The van der Waals surface area contributed by atoms with E-state index in [1.807, 2.05) is 0 Å². The Kier molecular flexibility index (Phi) is 5.93. The summed E-state index contributed by atoms with van der Waals surface area (Å²) >= 11 is 6.10. The molecule has 1 rings (SSSR count). The maximum Gasteiger partial charge on any atom is 0.0279 e.